The first kappa shape index (κ1) is 11.1. The molecule has 0 saturated heterocycles. The molecule has 84 valence electrons. The van der Waals surface area contributed by atoms with E-state index in [9.17, 15) is 4.39 Å². The van der Waals surface area contributed by atoms with Crippen LogP contribution in [0.5, 0.6) is 0 Å². The summed E-state index contributed by atoms with van der Waals surface area (Å²) in [5.74, 6) is 0.384. The summed E-state index contributed by atoms with van der Waals surface area (Å²) in [6, 6.07) is 8.88. The standard InChI is InChI=1S/C13H15FN2/c14-12-6-4-11(5-7-12)13(16-9-8-15)10-2-1-3-10/h4-7,10,13,16H,1-3,9H2/t13-/m0/s1. The lowest BCUT2D eigenvalue weighted by molar-refractivity contribution is 0.235. The Hall–Kier alpha value is -1.40. The number of hydrogen-bond acceptors (Lipinski definition) is 2. The van der Waals surface area contributed by atoms with E-state index in [1.165, 1.54) is 31.4 Å². The predicted octanol–water partition coefficient (Wildman–Crippen LogP) is 2.78. The van der Waals surface area contributed by atoms with E-state index >= 15 is 0 Å². The van der Waals surface area contributed by atoms with E-state index in [0.29, 0.717) is 12.5 Å². The number of benzene rings is 1. The summed E-state index contributed by atoms with van der Waals surface area (Å²) in [5, 5.41) is 11.8. The minimum Gasteiger partial charge on any atom is -0.297 e. The normalized spacial score (nSPS) is 17.5. The quantitative estimate of drug-likeness (QED) is 0.789. The van der Waals surface area contributed by atoms with Crippen LogP contribution in [0.1, 0.15) is 30.9 Å². The van der Waals surface area contributed by atoms with Gasteiger partial charge in [0.05, 0.1) is 12.6 Å². The molecule has 2 rings (SSSR count). The van der Waals surface area contributed by atoms with Gasteiger partial charge in [0.1, 0.15) is 5.82 Å². The summed E-state index contributed by atoms with van der Waals surface area (Å²) < 4.78 is 12.8. The zero-order chi connectivity index (χ0) is 11.4. The first-order valence-corrected chi connectivity index (χ1v) is 5.67. The van der Waals surface area contributed by atoms with Gasteiger partial charge >= 0.3 is 0 Å². The van der Waals surface area contributed by atoms with Crippen LogP contribution in [0, 0.1) is 23.1 Å². The van der Waals surface area contributed by atoms with Gasteiger partial charge in [-0.1, -0.05) is 18.6 Å². The molecule has 0 radical (unpaired) electrons. The third-order valence-electron chi connectivity index (χ3n) is 3.25. The summed E-state index contributed by atoms with van der Waals surface area (Å²) >= 11 is 0. The number of nitriles is 1. The van der Waals surface area contributed by atoms with Crippen LogP contribution >= 0.6 is 0 Å². The first-order chi connectivity index (χ1) is 7.81. The minimum atomic E-state index is -0.212. The fraction of sp³-hybridized carbons (Fsp3) is 0.462. The Morgan fingerprint density at radius 1 is 1.38 bits per heavy atom. The molecule has 1 fully saturated rings. The van der Waals surface area contributed by atoms with Crippen molar-refractivity contribution in [3.63, 3.8) is 0 Å². The maximum atomic E-state index is 12.8. The fourth-order valence-corrected chi connectivity index (χ4v) is 2.16. The monoisotopic (exact) mass is 218 g/mol. The van der Waals surface area contributed by atoms with Gasteiger partial charge < -0.3 is 0 Å². The molecule has 1 saturated carbocycles. The molecule has 0 heterocycles. The molecule has 0 bridgehead atoms. The third-order valence-corrected chi connectivity index (χ3v) is 3.25. The lowest BCUT2D eigenvalue weighted by Gasteiger charge is -2.34. The van der Waals surface area contributed by atoms with Crippen molar-refractivity contribution in [1.82, 2.24) is 5.32 Å². The molecule has 1 N–H and O–H groups in total. The van der Waals surface area contributed by atoms with Crippen LogP contribution in [-0.4, -0.2) is 6.54 Å². The van der Waals surface area contributed by atoms with Crippen molar-refractivity contribution in [1.29, 1.82) is 5.26 Å². The van der Waals surface area contributed by atoms with E-state index in [1.807, 2.05) is 12.1 Å². The van der Waals surface area contributed by atoms with Crippen molar-refractivity contribution in [2.75, 3.05) is 6.54 Å². The molecule has 3 heteroatoms. The Labute approximate surface area is 95.1 Å². The van der Waals surface area contributed by atoms with Crippen LogP contribution in [0.2, 0.25) is 0 Å². The topological polar surface area (TPSA) is 35.8 Å². The summed E-state index contributed by atoms with van der Waals surface area (Å²) in [7, 11) is 0. The van der Waals surface area contributed by atoms with Crippen molar-refractivity contribution >= 4 is 0 Å². The molecule has 0 aliphatic heterocycles. The van der Waals surface area contributed by atoms with Crippen LogP contribution in [0.15, 0.2) is 24.3 Å². The highest BCUT2D eigenvalue weighted by atomic mass is 19.1. The van der Waals surface area contributed by atoms with Crippen LogP contribution in [-0.2, 0) is 0 Å². The molecule has 2 nitrogen and oxygen atoms in total. The lowest BCUT2D eigenvalue weighted by atomic mass is 9.77. The maximum Gasteiger partial charge on any atom is 0.123 e. The Balaban J connectivity index is 2.10. The van der Waals surface area contributed by atoms with Gasteiger partial charge in [0.15, 0.2) is 0 Å². The second-order valence-corrected chi connectivity index (χ2v) is 4.26. The average molecular weight is 218 g/mol. The zero-order valence-electron chi connectivity index (χ0n) is 9.12. The smallest absolute Gasteiger partial charge is 0.123 e. The van der Waals surface area contributed by atoms with Gasteiger partial charge in [-0.3, -0.25) is 5.32 Å². The van der Waals surface area contributed by atoms with Crippen molar-refractivity contribution in [3.05, 3.63) is 35.6 Å². The molecular formula is C13H15FN2. The van der Waals surface area contributed by atoms with Gasteiger partial charge in [0.25, 0.3) is 0 Å². The first-order valence-electron chi connectivity index (χ1n) is 5.67. The highest BCUT2D eigenvalue weighted by Gasteiger charge is 2.27. The zero-order valence-corrected chi connectivity index (χ0v) is 9.12. The van der Waals surface area contributed by atoms with Gasteiger partial charge in [-0.2, -0.15) is 5.26 Å². The molecular weight excluding hydrogens is 203 g/mol. The number of rotatable bonds is 4. The predicted molar refractivity (Wildman–Crippen MR) is 60.1 cm³/mol. The van der Waals surface area contributed by atoms with Crippen LogP contribution in [0.4, 0.5) is 4.39 Å². The molecule has 0 amide bonds. The third kappa shape index (κ3) is 2.40. The minimum absolute atomic E-state index is 0.203. The molecule has 1 aromatic rings. The average Bonchev–Trinajstić information content (AvgIpc) is 2.23. The highest BCUT2D eigenvalue weighted by molar-refractivity contribution is 5.21. The maximum absolute atomic E-state index is 12.8. The molecule has 0 unspecified atom stereocenters. The summed E-state index contributed by atoms with van der Waals surface area (Å²) in [6.45, 7) is 0.346. The fourth-order valence-electron chi connectivity index (χ4n) is 2.16. The molecule has 16 heavy (non-hydrogen) atoms. The number of nitrogens with zero attached hydrogens (tertiary/aromatic N) is 1. The number of hydrogen-bond donors (Lipinski definition) is 1. The molecule has 1 atom stereocenters. The van der Waals surface area contributed by atoms with Crippen molar-refractivity contribution in [3.8, 4) is 6.07 Å². The van der Waals surface area contributed by atoms with E-state index in [-0.39, 0.29) is 11.9 Å². The molecule has 0 spiro atoms. The Kier molecular flexibility index (Phi) is 3.53. The van der Waals surface area contributed by atoms with Crippen LogP contribution in [0.25, 0.3) is 0 Å². The SMILES string of the molecule is N#CCN[C@H](c1ccc(F)cc1)C1CCC1. The van der Waals surface area contributed by atoms with Gasteiger partial charge in [0.2, 0.25) is 0 Å². The van der Waals surface area contributed by atoms with Gasteiger partial charge in [-0.25, -0.2) is 4.39 Å². The summed E-state index contributed by atoms with van der Waals surface area (Å²) in [4.78, 5) is 0. The number of nitrogens with one attached hydrogen (secondary N) is 1. The van der Waals surface area contributed by atoms with Crippen molar-refractivity contribution < 1.29 is 4.39 Å². The van der Waals surface area contributed by atoms with Crippen molar-refractivity contribution in [2.24, 2.45) is 5.92 Å². The van der Waals surface area contributed by atoms with E-state index in [1.54, 1.807) is 0 Å². The Morgan fingerprint density at radius 3 is 2.56 bits per heavy atom. The van der Waals surface area contributed by atoms with E-state index in [4.69, 9.17) is 5.26 Å². The van der Waals surface area contributed by atoms with E-state index in [0.717, 1.165) is 5.56 Å². The van der Waals surface area contributed by atoms with Crippen molar-refractivity contribution in [2.45, 2.75) is 25.3 Å². The highest BCUT2D eigenvalue weighted by Crippen LogP contribution is 2.37. The van der Waals surface area contributed by atoms with Gasteiger partial charge in [-0.15, -0.1) is 0 Å². The summed E-state index contributed by atoms with van der Waals surface area (Å²) in [6.07, 6.45) is 3.65. The van der Waals surface area contributed by atoms with E-state index < -0.39 is 0 Å². The largest absolute Gasteiger partial charge is 0.297 e. The second kappa shape index (κ2) is 5.09. The van der Waals surface area contributed by atoms with Crippen LogP contribution in [0.3, 0.4) is 0 Å². The number of halogens is 1. The lowest BCUT2D eigenvalue weighted by Crippen LogP contribution is -2.32. The Bertz CT molecular complexity index is 376. The van der Waals surface area contributed by atoms with E-state index in [2.05, 4.69) is 11.4 Å². The Morgan fingerprint density at radius 2 is 2.06 bits per heavy atom. The summed E-state index contributed by atoms with van der Waals surface area (Å²) in [5.41, 5.74) is 1.08. The second-order valence-electron chi connectivity index (χ2n) is 4.26. The molecule has 1 aliphatic carbocycles. The van der Waals surface area contributed by atoms with Crippen LogP contribution < -0.4 is 5.32 Å². The van der Waals surface area contributed by atoms with Gasteiger partial charge in [0, 0.05) is 6.04 Å². The molecule has 0 aromatic heterocycles. The molecule has 1 aliphatic rings. The molecule has 1 aromatic carbocycles. The van der Waals surface area contributed by atoms with Gasteiger partial charge in [-0.05, 0) is 36.5 Å².